The molecule has 8 heteroatoms. The van der Waals surface area contributed by atoms with Crippen molar-refractivity contribution in [3.8, 4) is 0 Å². The highest BCUT2D eigenvalue weighted by Gasteiger charge is 2.45. The number of rotatable bonds is 15. The molecule has 0 N–H and O–H groups in total. The van der Waals surface area contributed by atoms with Crippen molar-refractivity contribution in [2.75, 3.05) is 27.4 Å². The largest absolute Gasteiger partial charge is 0.497 e. The van der Waals surface area contributed by atoms with E-state index in [2.05, 4.69) is 6.58 Å². The number of carbonyl (C=O) groups excluding carboxylic acids is 2. The monoisotopic (exact) mass is 559 g/mol. The van der Waals surface area contributed by atoms with E-state index in [4.69, 9.17) is 23.7 Å². The van der Waals surface area contributed by atoms with E-state index in [-0.39, 0.29) is 23.7 Å². The van der Waals surface area contributed by atoms with Crippen LogP contribution in [0.5, 0.6) is 0 Å². The van der Waals surface area contributed by atoms with E-state index >= 15 is 0 Å². The van der Waals surface area contributed by atoms with Gasteiger partial charge in [0.25, 0.3) is 0 Å². The van der Waals surface area contributed by atoms with Gasteiger partial charge in [-0.25, -0.2) is 4.79 Å². The van der Waals surface area contributed by atoms with Gasteiger partial charge in [-0.05, 0) is 51.2 Å². The molecule has 1 aromatic rings. The van der Waals surface area contributed by atoms with Crippen LogP contribution >= 0.6 is 0 Å². The number of cyclic esters (lactones) is 1. The molecule has 0 aromatic heterocycles. The fourth-order valence-corrected chi connectivity index (χ4v) is 4.94. The summed E-state index contributed by atoms with van der Waals surface area (Å²) in [5, 5.41) is 0. The van der Waals surface area contributed by atoms with Crippen LogP contribution in [0, 0.1) is 17.8 Å². The Kier molecular flexibility index (Phi) is 13.0. The molecule has 1 aliphatic heterocycles. The molecular formula is C32H49NO7. The van der Waals surface area contributed by atoms with Crippen LogP contribution in [0.15, 0.2) is 54.5 Å². The normalized spacial score (nSPS) is 19.4. The molecule has 0 aliphatic carbocycles. The first-order valence-electron chi connectivity index (χ1n) is 14.2. The van der Waals surface area contributed by atoms with Crippen LogP contribution in [0.25, 0.3) is 0 Å². The van der Waals surface area contributed by atoms with Gasteiger partial charge in [0.15, 0.2) is 5.76 Å². The van der Waals surface area contributed by atoms with Crippen LogP contribution in [-0.4, -0.2) is 62.1 Å². The average molecular weight is 560 g/mol. The van der Waals surface area contributed by atoms with Gasteiger partial charge in [-0.1, -0.05) is 57.7 Å². The minimum Gasteiger partial charge on any atom is -0.497 e. The number of benzene rings is 1. The van der Waals surface area contributed by atoms with Gasteiger partial charge in [-0.15, -0.1) is 0 Å². The number of carbonyl (C=O) groups is 2. The predicted molar refractivity (Wildman–Crippen MR) is 155 cm³/mol. The van der Waals surface area contributed by atoms with Gasteiger partial charge in [0.1, 0.15) is 17.5 Å². The van der Waals surface area contributed by atoms with Gasteiger partial charge < -0.3 is 23.7 Å². The molecule has 4 atom stereocenters. The summed E-state index contributed by atoms with van der Waals surface area (Å²) >= 11 is 0. The first-order chi connectivity index (χ1) is 18.9. The zero-order valence-electron chi connectivity index (χ0n) is 25.6. The van der Waals surface area contributed by atoms with Gasteiger partial charge in [-0.2, -0.15) is 0 Å². The Morgan fingerprint density at radius 3 is 2.35 bits per heavy atom. The van der Waals surface area contributed by atoms with Crippen LogP contribution in [0.2, 0.25) is 0 Å². The van der Waals surface area contributed by atoms with Crippen LogP contribution < -0.4 is 0 Å². The third-order valence-electron chi connectivity index (χ3n) is 6.96. The molecular weight excluding hydrogens is 510 g/mol. The lowest BCUT2D eigenvalue weighted by molar-refractivity contribution is -0.147. The maximum absolute atomic E-state index is 13.7. The second kappa shape index (κ2) is 15.7. The molecule has 1 unspecified atom stereocenters. The third kappa shape index (κ3) is 9.88. The molecule has 8 nitrogen and oxygen atoms in total. The van der Waals surface area contributed by atoms with E-state index < -0.39 is 23.8 Å². The molecule has 1 aliphatic rings. The van der Waals surface area contributed by atoms with Crippen LogP contribution in [0.3, 0.4) is 0 Å². The topological polar surface area (TPSA) is 83.5 Å². The molecule has 224 valence electrons. The number of amides is 1. The Bertz CT molecular complexity index is 983. The quantitative estimate of drug-likeness (QED) is 0.105. The van der Waals surface area contributed by atoms with Crippen molar-refractivity contribution in [3.63, 3.8) is 0 Å². The first-order valence-corrected chi connectivity index (χ1v) is 14.2. The highest BCUT2D eigenvalue weighted by molar-refractivity contribution is 5.75. The lowest BCUT2D eigenvalue weighted by Crippen LogP contribution is -2.49. The standard InChI is InChI=1S/C32H49NO7/c1-10-27(38-18-14-17-36-8)29(37-9)23(4)19-26(28-20-25(22(2)3)30(34)39-28)33(31(35)40-32(5,6)7)21-24-15-12-11-13-16-24/h10-13,15-16,22-23,25-26,28H,1,14,17-21H2,2-9H3/b29-27-/t23?,25-,26-,28-/m0/s1. The number of hydrogen-bond acceptors (Lipinski definition) is 7. The minimum atomic E-state index is -0.696. The molecule has 40 heavy (non-hydrogen) atoms. The van der Waals surface area contributed by atoms with E-state index in [1.807, 2.05) is 71.9 Å². The number of ether oxygens (including phenoxy) is 5. The fourth-order valence-electron chi connectivity index (χ4n) is 4.94. The summed E-state index contributed by atoms with van der Waals surface area (Å²) in [5.41, 5.74) is 0.255. The number of hydrogen-bond donors (Lipinski definition) is 0. The highest BCUT2D eigenvalue weighted by atomic mass is 16.6. The first kappa shape index (κ1) is 33.2. The second-order valence-electron chi connectivity index (χ2n) is 11.7. The lowest BCUT2D eigenvalue weighted by atomic mass is 9.87. The fraction of sp³-hybridized carbons (Fsp3) is 0.625. The minimum absolute atomic E-state index is 0.127. The Morgan fingerprint density at radius 2 is 1.82 bits per heavy atom. The van der Waals surface area contributed by atoms with Crippen LogP contribution in [0.4, 0.5) is 4.79 Å². The van der Waals surface area contributed by atoms with Crippen molar-refractivity contribution < 1.29 is 33.3 Å². The molecule has 0 saturated carbocycles. The lowest BCUT2D eigenvalue weighted by Gasteiger charge is -2.37. The molecule has 1 fully saturated rings. The zero-order chi connectivity index (χ0) is 29.9. The smallest absolute Gasteiger partial charge is 0.410 e. The summed E-state index contributed by atoms with van der Waals surface area (Å²) in [5.74, 6) is 0.638. The molecule has 1 amide bonds. The highest BCUT2D eigenvalue weighted by Crippen LogP contribution is 2.36. The summed E-state index contributed by atoms with van der Waals surface area (Å²) in [4.78, 5) is 28.3. The Morgan fingerprint density at radius 1 is 1.15 bits per heavy atom. The maximum Gasteiger partial charge on any atom is 0.410 e. The van der Waals surface area contributed by atoms with Crippen molar-refractivity contribution >= 4 is 12.1 Å². The Balaban J connectivity index is 2.49. The van der Waals surface area contributed by atoms with Gasteiger partial charge >= 0.3 is 12.1 Å². The van der Waals surface area contributed by atoms with Gasteiger partial charge in [-0.3, -0.25) is 9.69 Å². The average Bonchev–Trinajstić information content (AvgIpc) is 3.29. The van der Waals surface area contributed by atoms with E-state index in [0.29, 0.717) is 44.1 Å². The Labute approximate surface area is 240 Å². The van der Waals surface area contributed by atoms with Gasteiger partial charge in [0, 0.05) is 32.6 Å². The second-order valence-corrected chi connectivity index (χ2v) is 11.7. The van der Waals surface area contributed by atoms with Crippen LogP contribution in [0.1, 0.15) is 66.4 Å². The van der Waals surface area contributed by atoms with E-state index in [0.717, 1.165) is 12.0 Å². The summed E-state index contributed by atoms with van der Waals surface area (Å²) in [7, 11) is 3.25. The van der Waals surface area contributed by atoms with E-state index in [1.54, 1.807) is 25.2 Å². The zero-order valence-corrected chi connectivity index (χ0v) is 25.6. The maximum atomic E-state index is 13.7. The molecule has 1 saturated heterocycles. The number of allylic oxidation sites excluding steroid dienone is 2. The van der Waals surface area contributed by atoms with E-state index in [1.165, 1.54) is 0 Å². The summed E-state index contributed by atoms with van der Waals surface area (Å²) < 4.78 is 28.8. The van der Waals surface area contributed by atoms with E-state index in [9.17, 15) is 9.59 Å². The number of nitrogens with zero attached hydrogens (tertiary/aromatic N) is 1. The molecule has 0 bridgehead atoms. The van der Waals surface area contributed by atoms with Crippen molar-refractivity contribution in [1.29, 1.82) is 0 Å². The Hall–Kier alpha value is -3.00. The summed E-state index contributed by atoms with van der Waals surface area (Å²) in [6.07, 6.45) is 2.38. The molecule has 2 rings (SSSR count). The molecule has 0 spiro atoms. The number of esters is 1. The number of methoxy groups -OCH3 is 2. The van der Waals surface area contributed by atoms with Crippen LogP contribution in [-0.2, 0) is 35.0 Å². The molecule has 1 heterocycles. The van der Waals surface area contributed by atoms with Crippen molar-refractivity contribution in [3.05, 3.63) is 60.1 Å². The van der Waals surface area contributed by atoms with Crippen molar-refractivity contribution in [2.24, 2.45) is 17.8 Å². The SMILES string of the molecule is C=C/C(OCCCOC)=C(/OC)C(C)C[C@@H]([C@@H]1C[C@@H](C(C)C)C(=O)O1)N(Cc1ccccc1)C(=O)OC(C)(C)C. The molecule has 0 radical (unpaired) electrons. The third-order valence-corrected chi connectivity index (χ3v) is 6.96. The summed E-state index contributed by atoms with van der Waals surface area (Å²) in [6, 6.07) is 9.29. The van der Waals surface area contributed by atoms with Crippen molar-refractivity contribution in [1.82, 2.24) is 4.90 Å². The summed E-state index contributed by atoms with van der Waals surface area (Å²) in [6.45, 7) is 16.8. The predicted octanol–water partition coefficient (Wildman–Crippen LogP) is 6.50. The molecule has 1 aromatic carbocycles. The van der Waals surface area contributed by atoms with Gasteiger partial charge in [0.05, 0.1) is 25.7 Å². The van der Waals surface area contributed by atoms with Crippen molar-refractivity contribution in [2.45, 2.75) is 85.1 Å². The van der Waals surface area contributed by atoms with Gasteiger partial charge in [0.2, 0.25) is 0 Å².